The van der Waals surface area contributed by atoms with Gasteiger partial charge in [0, 0.05) is 56.0 Å². The van der Waals surface area contributed by atoms with Crippen LogP contribution in [-0.2, 0) is 11.2 Å². The van der Waals surface area contributed by atoms with Crippen molar-refractivity contribution in [1.29, 1.82) is 0 Å². The second kappa shape index (κ2) is 7.88. The zero-order valence-corrected chi connectivity index (χ0v) is 15.8. The lowest BCUT2D eigenvalue weighted by molar-refractivity contribution is -0.130. The van der Waals surface area contributed by atoms with Gasteiger partial charge in [-0.3, -0.25) is 4.79 Å². The number of rotatable bonds is 3. The van der Waals surface area contributed by atoms with E-state index in [9.17, 15) is 9.59 Å². The molecule has 1 aromatic rings. The highest BCUT2D eigenvalue weighted by atomic mass is 32.2. The van der Waals surface area contributed by atoms with E-state index < -0.39 is 0 Å². The highest BCUT2D eigenvalue weighted by Crippen LogP contribution is 2.27. The third-order valence-corrected chi connectivity index (χ3v) is 6.57. The number of benzene rings is 1. The molecule has 2 atom stereocenters. The first kappa shape index (κ1) is 17.7. The van der Waals surface area contributed by atoms with Crippen LogP contribution in [0.2, 0.25) is 0 Å². The lowest BCUT2D eigenvalue weighted by Gasteiger charge is -2.26. The second-order valence-corrected chi connectivity index (χ2v) is 8.49. The van der Waals surface area contributed by atoms with Gasteiger partial charge in [-0.2, -0.15) is 11.8 Å². The number of likely N-dealkylation sites (tertiary alicyclic amines) is 1. The SMILES string of the molecule is O=C(Cc1ccc(NC(=O)N2CC[C@@H]3CNC[C@@H]32)cc1)N1CCSCC1. The van der Waals surface area contributed by atoms with Crippen molar-refractivity contribution in [3.05, 3.63) is 29.8 Å². The molecule has 3 aliphatic rings. The summed E-state index contributed by atoms with van der Waals surface area (Å²) in [6, 6.07) is 7.98. The van der Waals surface area contributed by atoms with Gasteiger partial charge in [0.25, 0.3) is 0 Å². The van der Waals surface area contributed by atoms with Crippen LogP contribution in [0.25, 0.3) is 0 Å². The van der Waals surface area contributed by atoms with E-state index in [1.165, 1.54) is 0 Å². The first-order valence-corrected chi connectivity index (χ1v) is 10.6. The largest absolute Gasteiger partial charge is 0.341 e. The van der Waals surface area contributed by atoms with Gasteiger partial charge in [-0.15, -0.1) is 0 Å². The van der Waals surface area contributed by atoms with Crippen molar-refractivity contribution in [2.45, 2.75) is 18.9 Å². The number of carbonyl (C=O) groups is 2. The Morgan fingerprint density at radius 1 is 1.12 bits per heavy atom. The molecular formula is C19H26N4O2S. The summed E-state index contributed by atoms with van der Waals surface area (Å²) in [6.45, 7) is 4.46. The highest BCUT2D eigenvalue weighted by molar-refractivity contribution is 7.99. The Morgan fingerprint density at radius 3 is 2.65 bits per heavy atom. The average molecular weight is 375 g/mol. The zero-order chi connectivity index (χ0) is 17.9. The summed E-state index contributed by atoms with van der Waals surface area (Å²) < 4.78 is 0. The average Bonchev–Trinajstić information content (AvgIpc) is 3.27. The molecule has 0 radical (unpaired) electrons. The summed E-state index contributed by atoms with van der Waals surface area (Å²) >= 11 is 1.90. The molecular weight excluding hydrogens is 348 g/mol. The molecule has 26 heavy (non-hydrogen) atoms. The molecule has 6 nitrogen and oxygen atoms in total. The minimum absolute atomic E-state index is 0.0177. The van der Waals surface area contributed by atoms with E-state index in [1.54, 1.807) is 0 Å². The van der Waals surface area contributed by atoms with Crippen LogP contribution in [0.15, 0.2) is 24.3 Å². The number of nitrogens with one attached hydrogen (secondary N) is 2. The first-order valence-electron chi connectivity index (χ1n) is 9.43. The van der Waals surface area contributed by atoms with Crippen molar-refractivity contribution < 1.29 is 9.59 Å². The number of hydrogen-bond donors (Lipinski definition) is 2. The molecule has 3 heterocycles. The maximum absolute atomic E-state index is 12.6. The molecule has 3 amide bonds. The van der Waals surface area contributed by atoms with Gasteiger partial charge in [0.15, 0.2) is 0 Å². The topological polar surface area (TPSA) is 64.7 Å². The zero-order valence-electron chi connectivity index (χ0n) is 14.9. The fraction of sp³-hybridized carbons (Fsp3) is 0.579. The van der Waals surface area contributed by atoms with E-state index in [4.69, 9.17) is 0 Å². The molecule has 0 bridgehead atoms. The molecule has 0 aliphatic carbocycles. The van der Waals surface area contributed by atoms with Crippen molar-refractivity contribution in [1.82, 2.24) is 15.1 Å². The van der Waals surface area contributed by atoms with Crippen molar-refractivity contribution in [3.8, 4) is 0 Å². The van der Waals surface area contributed by atoms with Gasteiger partial charge in [-0.25, -0.2) is 4.79 Å². The number of hydrogen-bond acceptors (Lipinski definition) is 4. The smallest absolute Gasteiger partial charge is 0.322 e. The normalized spacial score (nSPS) is 25.2. The van der Waals surface area contributed by atoms with Crippen LogP contribution in [0.1, 0.15) is 12.0 Å². The summed E-state index contributed by atoms with van der Waals surface area (Å²) in [5.74, 6) is 2.86. The van der Waals surface area contributed by atoms with Gasteiger partial charge in [0.2, 0.25) is 5.91 Å². The molecule has 3 aliphatic heterocycles. The number of amides is 3. The summed E-state index contributed by atoms with van der Waals surface area (Å²) in [5, 5.41) is 6.37. The number of fused-ring (bicyclic) bond motifs is 1. The fourth-order valence-corrected chi connectivity index (χ4v) is 5.00. The van der Waals surface area contributed by atoms with Crippen LogP contribution in [0.5, 0.6) is 0 Å². The van der Waals surface area contributed by atoms with Crippen LogP contribution in [-0.4, -0.2) is 72.0 Å². The summed E-state index contributed by atoms with van der Waals surface area (Å²) in [5.41, 5.74) is 1.78. The van der Waals surface area contributed by atoms with Gasteiger partial charge >= 0.3 is 6.03 Å². The first-order chi connectivity index (χ1) is 12.7. The monoisotopic (exact) mass is 374 g/mol. The van der Waals surface area contributed by atoms with Crippen LogP contribution in [0, 0.1) is 5.92 Å². The van der Waals surface area contributed by atoms with Gasteiger partial charge in [0.1, 0.15) is 0 Å². The standard InChI is InChI=1S/C19H26N4O2S/c24-18(22-7-9-26-10-8-22)11-14-1-3-16(4-2-14)21-19(25)23-6-5-15-12-20-13-17(15)23/h1-4,15,17,20H,5-13H2,(H,21,25)/t15-,17+/m1/s1. The third kappa shape index (κ3) is 3.83. The number of nitrogens with zero attached hydrogens (tertiary/aromatic N) is 2. The molecule has 0 aromatic heterocycles. The molecule has 0 saturated carbocycles. The van der Waals surface area contributed by atoms with Crippen LogP contribution in [0.4, 0.5) is 10.5 Å². The van der Waals surface area contributed by atoms with Crippen molar-refractivity contribution in [3.63, 3.8) is 0 Å². The van der Waals surface area contributed by atoms with E-state index in [1.807, 2.05) is 45.8 Å². The van der Waals surface area contributed by atoms with Gasteiger partial charge in [-0.05, 0) is 30.0 Å². The van der Waals surface area contributed by atoms with Crippen molar-refractivity contribution in [2.75, 3.05) is 49.5 Å². The number of urea groups is 1. The van der Waals surface area contributed by atoms with E-state index in [0.29, 0.717) is 18.4 Å². The minimum Gasteiger partial charge on any atom is -0.341 e. The molecule has 2 N–H and O–H groups in total. The van der Waals surface area contributed by atoms with E-state index >= 15 is 0 Å². The summed E-state index contributed by atoms with van der Waals surface area (Å²) in [4.78, 5) is 28.8. The quantitative estimate of drug-likeness (QED) is 0.844. The minimum atomic E-state index is -0.0177. The fourth-order valence-electron chi connectivity index (χ4n) is 4.10. The Kier molecular flexibility index (Phi) is 5.36. The number of carbonyl (C=O) groups excluding carboxylic acids is 2. The molecule has 0 spiro atoms. The maximum Gasteiger partial charge on any atom is 0.322 e. The Labute approximate surface area is 158 Å². The van der Waals surface area contributed by atoms with Crippen LogP contribution < -0.4 is 10.6 Å². The highest BCUT2D eigenvalue weighted by Gasteiger charge is 2.39. The Hall–Kier alpha value is -1.73. The van der Waals surface area contributed by atoms with E-state index in [2.05, 4.69) is 10.6 Å². The molecule has 140 valence electrons. The van der Waals surface area contributed by atoms with Gasteiger partial charge < -0.3 is 20.4 Å². The lowest BCUT2D eigenvalue weighted by atomic mass is 10.1. The second-order valence-electron chi connectivity index (χ2n) is 7.26. The maximum atomic E-state index is 12.6. The van der Waals surface area contributed by atoms with Crippen LogP contribution >= 0.6 is 11.8 Å². The molecule has 1 aromatic carbocycles. The molecule has 3 fully saturated rings. The molecule has 3 saturated heterocycles. The van der Waals surface area contributed by atoms with Crippen LogP contribution in [0.3, 0.4) is 0 Å². The number of anilines is 1. The predicted molar refractivity (Wildman–Crippen MR) is 105 cm³/mol. The third-order valence-electron chi connectivity index (χ3n) is 5.63. The Bertz CT molecular complexity index is 660. The molecule has 4 rings (SSSR count). The van der Waals surface area contributed by atoms with E-state index in [-0.39, 0.29) is 11.9 Å². The lowest BCUT2D eigenvalue weighted by Crippen LogP contribution is -2.41. The van der Waals surface area contributed by atoms with Crippen molar-refractivity contribution in [2.24, 2.45) is 5.92 Å². The number of thioether (sulfide) groups is 1. The van der Waals surface area contributed by atoms with Gasteiger partial charge in [-0.1, -0.05) is 12.1 Å². The Morgan fingerprint density at radius 2 is 1.88 bits per heavy atom. The molecule has 7 heteroatoms. The van der Waals surface area contributed by atoms with Crippen molar-refractivity contribution >= 4 is 29.4 Å². The molecule has 0 unspecified atom stereocenters. The van der Waals surface area contributed by atoms with Gasteiger partial charge in [0.05, 0.1) is 6.42 Å². The predicted octanol–water partition coefficient (Wildman–Crippen LogP) is 1.63. The summed E-state index contributed by atoms with van der Waals surface area (Å²) in [6.07, 6.45) is 1.52. The summed E-state index contributed by atoms with van der Waals surface area (Å²) in [7, 11) is 0. The van der Waals surface area contributed by atoms with E-state index in [0.717, 1.165) is 61.9 Å². The Balaban J connectivity index is 1.31.